The molecule has 2 nitrogen and oxygen atoms in total. The first-order chi connectivity index (χ1) is 8.81. The van der Waals surface area contributed by atoms with Crippen LogP contribution in [0.3, 0.4) is 0 Å². The molecule has 0 fully saturated rings. The zero-order valence-electron chi connectivity index (χ0n) is 12.1. The summed E-state index contributed by atoms with van der Waals surface area (Å²) in [5.41, 5.74) is 1.31. The Morgan fingerprint density at radius 2 is 1.72 bits per heavy atom. The fraction of sp³-hybridized carbons (Fsp3) is 0.625. The number of rotatable bonds is 9. The lowest BCUT2D eigenvalue weighted by Gasteiger charge is -2.17. The maximum absolute atomic E-state index is 5.86. The van der Waals surface area contributed by atoms with Gasteiger partial charge in [0.2, 0.25) is 0 Å². The van der Waals surface area contributed by atoms with Gasteiger partial charge in [0.05, 0.1) is 6.61 Å². The van der Waals surface area contributed by atoms with Crippen LogP contribution in [-0.2, 0) is 6.42 Å². The van der Waals surface area contributed by atoms with Crippen LogP contribution in [0.25, 0.3) is 0 Å². The first-order valence-electron chi connectivity index (χ1n) is 7.24. The second-order valence-corrected chi connectivity index (χ2v) is 4.54. The van der Waals surface area contributed by atoms with E-state index in [1.54, 1.807) is 0 Å². The number of aryl methyl sites for hydroxylation is 1. The van der Waals surface area contributed by atoms with E-state index in [4.69, 9.17) is 4.74 Å². The molecule has 0 radical (unpaired) electrons. The summed E-state index contributed by atoms with van der Waals surface area (Å²) in [5.74, 6) is 1.06. The van der Waals surface area contributed by atoms with Crippen LogP contribution in [-0.4, -0.2) is 31.1 Å². The zero-order valence-corrected chi connectivity index (χ0v) is 12.1. The molecule has 0 N–H and O–H groups in total. The Morgan fingerprint density at radius 1 is 1.00 bits per heavy atom. The third-order valence-corrected chi connectivity index (χ3v) is 3.37. The van der Waals surface area contributed by atoms with E-state index in [0.717, 1.165) is 38.3 Å². The molecule has 2 heteroatoms. The molecule has 1 rings (SSSR count). The fourth-order valence-corrected chi connectivity index (χ4v) is 2.10. The molecular weight excluding hydrogens is 222 g/mol. The molecule has 0 amide bonds. The van der Waals surface area contributed by atoms with Crippen molar-refractivity contribution in [3.8, 4) is 5.75 Å². The maximum Gasteiger partial charge on any atom is 0.122 e. The second kappa shape index (κ2) is 8.98. The summed E-state index contributed by atoms with van der Waals surface area (Å²) < 4.78 is 5.86. The molecule has 0 aliphatic carbocycles. The Balaban J connectivity index is 2.21. The summed E-state index contributed by atoms with van der Waals surface area (Å²) in [6.07, 6.45) is 3.39. The average Bonchev–Trinajstić information content (AvgIpc) is 2.43. The predicted molar refractivity (Wildman–Crippen MR) is 78.3 cm³/mol. The van der Waals surface area contributed by atoms with E-state index in [0.29, 0.717) is 0 Å². The lowest BCUT2D eigenvalue weighted by molar-refractivity contribution is 0.265. The van der Waals surface area contributed by atoms with Gasteiger partial charge in [-0.2, -0.15) is 0 Å². The van der Waals surface area contributed by atoms with Gasteiger partial charge in [-0.05, 0) is 50.5 Å². The summed E-state index contributed by atoms with van der Waals surface area (Å²) in [6, 6.07) is 8.34. The summed E-state index contributed by atoms with van der Waals surface area (Å²) >= 11 is 0. The van der Waals surface area contributed by atoms with Crippen LogP contribution in [0.4, 0.5) is 0 Å². The zero-order chi connectivity index (χ0) is 13.2. The lowest BCUT2D eigenvalue weighted by atomic mass is 10.1. The normalized spacial score (nSPS) is 10.9. The van der Waals surface area contributed by atoms with E-state index < -0.39 is 0 Å². The highest BCUT2D eigenvalue weighted by Crippen LogP contribution is 2.18. The van der Waals surface area contributed by atoms with Gasteiger partial charge in [0.15, 0.2) is 0 Å². The van der Waals surface area contributed by atoms with Crippen LogP contribution in [0, 0.1) is 0 Å². The minimum atomic E-state index is 0.832. The number of unbranched alkanes of at least 4 members (excludes halogenated alkanes) is 1. The summed E-state index contributed by atoms with van der Waals surface area (Å²) in [6.45, 7) is 10.9. The van der Waals surface area contributed by atoms with Crippen molar-refractivity contribution >= 4 is 0 Å². The highest BCUT2D eigenvalue weighted by Gasteiger charge is 2.01. The first-order valence-corrected chi connectivity index (χ1v) is 7.24. The Morgan fingerprint density at radius 3 is 2.39 bits per heavy atom. The number of hydrogen-bond donors (Lipinski definition) is 0. The summed E-state index contributed by atoms with van der Waals surface area (Å²) in [5, 5.41) is 0. The van der Waals surface area contributed by atoms with Crippen molar-refractivity contribution in [1.82, 2.24) is 4.90 Å². The number of nitrogens with zero attached hydrogens (tertiary/aromatic N) is 1. The van der Waals surface area contributed by atoms with Crippen LogP contribution in [0.1, 0.15) is 39.2 Å². The Bertz CT molecular complexity index is 321. The number of para-hydroxylation sites is 1. The molecule has 0 spiro atoms. The topological polar surface area (TPSA) is 12.5 Å². The summed E-state index contributed by atoms with van der Waals surface area (Å²) in [7, 11) is 0. The van der Waals surface area contributed by atoms with Crippen molar-refractivity contribution in [2.75, 3.05) is 26.2 Å². The number of benzene rings is 1. The van der Waals surface area contributed by atoms with Crippen LogP contribution in [0.15, 0.2) is 24.3 Å². The Labute approximate surface area is 112 Å². The van der Waals surface area contributed by atoms with Crippen molar-refractivity contribution in [3.63, 3.8) is 0 Å². The molecule has 0 aliphatic heterocycles. The van der Waals surface area contributed by atoms with Crippen LogP contribution < -0.4 is 4.74 Å². The van der Waals surface area contributed by atoms with E-state index in [-0.39, 0.29) is 0 Å². The van der Waals surface area contributed by atoms with E-state index in [2.05, 4.69) is 43.9 Å². The van der Waals surface area contributed by atoms with Gasteiger partial charge in [0.25, 0.3) is 0 Å². The van der Waals surface area contributed by atoms with E-state index in [1.165, 1.54) is 18.5 Å². The molecule has 0 aliphatic rings. The largest absolute Gasteiger partial charge is 0.493 e. The van der Waals surface area contributed by atoms with Gasteiger partial charge in [-0.3, -0.25) is 0 Å². The van der Waals surface area contributed by atoms with Crippen molar-refractivity contribution < 1.29 is 4.74 Å². The van der Waals surface area contributed by atoms with Crippen molar-refractivity contribution in [1.29, 1.82) is 0 Å². The van der Waals surface area contributed by atoms with Crippen molar-refractivity contribution in [2.24, 2.45) is 0 Å². The number of hydrogen-bond acceptors (Lipinski definition) is 2. The van der Waals surface area contributed by atoms with Gasteiger partial charge in [0, 0.05) is 0 Å². The summed E-state index contributed by atoms with van der Waals surface area (Å²) in [4.78, 5) is 2.46. The van der Waals surface area contributed by atoms with Gasteiger partial charge < -0.3 is 9.64 Å². The molecule has 0 bridgehead atoms. The van der Waals surface area contributed by atoms with E-state index in [1.807, 2.05) is 6.07 Å². The van der Waals surface area contributed by atoms with Crippen molar-refractivity contribution in [3.05, 3.63) is 29.8 Å². The molecule has 0 atom stereocenters. The minimum Gasteiger partial charge on any atom is -0.493 e. The number of ether oxygens (including phenoxy) is 1. The van der Waals surface area contributed by atoms with Gasteiger partial charge >= 0.3 is 0 Å². The fourth-order valence-electron chi connectivity index (χ4n) is 2.10. The van der Waals surface area contributed by atoms with Crippen LogP contribution in [0.2, 0.25) is 0 Å². The Hall–Kier alpha value is -1.02. The lowest BCUT2D eigenvalue weighted by Crippen LogP contribution is -2.24. The van der Waals surface area contributed by atoms with E-state index in [9.17, 15) is 0 Å². The molecule has 102 valence electrons. The molecule has 0 saturated heterocycles. The average molecular weight is 249 g/mol. The van der Waals surface area contributed by atoms with E-state index >= 15 is 0 Å². The maximum atomic E-state index is 5.86. The molecular formula is C16H27NO. The molecule has 0 heterocycles. The molecule has 1 aromatic carbocycles. The molecule has 0 saturated carbocycles. The molecule has 18 heavy (non-hydrogen) atoms. The quantitative estimate of drug-likeness (QED) is 0.618. The highest BCUT2D eigenvalue weighted by molar-refractivity contribution is 5.33. The SMILES string of the molecule is CCc1ccccc1OCCCCN(CC)CC. The third kappa shape index (κ3) is 5.09. The van der Waals surface area contributed by atoms with Crippen molar-refractivity contribution in [2.45, 2.75) is 40.0 Å². The van der Waals surface area contributed by atoms with Crippen LogP contribution >= 0.6 is 0 Å². The third-order valence-electron chi connectivity index (χ3n) is 3.37. The van der Waals surface area contributed by atoms with Gasteiger partial charge in [-0.1, -0.05) is 39.0 Å². The molecule has 1 aromatic rings. The van der Waals surface area contributed by atoms with Gasteiger partial charge in [0.1, 0.15) is 5.75 Å². The standard InChI is InChI=1S/C16H27NO/c1-4-15-11-7-8-12-16(15)18-14-10-9-13-17(5-2)6-3/h7-8,11-12H,4-6,9-10,13-14H2,1-3H3. The minimum absolute atomic E-state index is 0.832. The van der Waals surface area contributed by atoms with Crippen LogP contribution in [0.5, 0.6) is 5.75 Å². The highest BCUT2D eigenvalue weighted by atomic mass is 16.5. The predicted octanol–water partition coefficient (Wildman–Crippen LogP) is 3.75. The first kappa shape index (κ1) is 15.0. The molecule has 0 aromatic heterocycles. The second-order valence-electron chi connectivity index (χ2n) is 4.54. The van der Waals surface area contributed by atoms with Gasteiger partial charge in [-0.15, -0.1) is 0 Å². The Kier molecular flexibility index (Phi) is 7.51. The van der Waals surface area contributed by atoms with Gasteiger partial charge in [-0.25, -0.2) is 0 Å². The molecule has 0 unspecified atom stereocenters. The monoisotopic (exact) mass is 249 g/mol. The smallest absolute Gasteiger partial charge is 0.122 e.